The molecule has 0 fully saturated rings. The van der Waals surface area contributed by atoms with Gasteiger partial charge in [-0.2, -0.15) is 0 Å². The highest BCUT2D eigenvalue weighted by Crippen LogP contribution is 2.56. The van der Waals surface area contributed by atoms with Gasteiger partial charge in [0, 0.05) is 22.6 Å². The molecule has 3 nitrogen and oxygen atoms in total. The molecule has 5 rings (SSSR count). The zero-order valence-electron chi connectivity index (χ0n) is 16.2. The van der Waals surface area contributed by atoms with Crippen molar-refractivity contribution in [1.82, 2.24) is 4.98 Å². The van der Waals surface area contributed by atoms with Gasteiger partial charge in [0.15, 0.2) is 11.5 Å². The molecule has 1 aromatic carbocycles. The lowest BCUT2D eigenvalue weighted by atomic mass is 9.64. The molecule has 0 bridgehead atoms. The van der Waals surface area contributed by atoms with E-state index in [2.05, 4.69) is 57.2 Å². The Hall–Kier alpha value is -2.55. The van der Waals surface area contributed by atoms with E-state index in [4.69, 9.17) is 14.5 Å². The topological polar surface area (TPSA) is 31.4 Å². The van der Waals surface area contributed by atoms with E-state index in [0.717, 1.165) is 30.0 Å². The molecule has 3 heteroatoms. The van der Waals surface area contributed by atoms with Crippen LogP contribution in [0.3, 0.4) is 0 Å². The van der Waals surface area contributed by atoms with Crippen molar-refractivity contribution in [2.45, 2.75) is 39.0 Å². The van der Waals surface area contributed by atoms with Crippen molar-refractivity contribution < 1.29 is 9.47 Å². The summed E-state index contributed by atoms with van der Waals surface area (Å²) < 4.78 is 12.1. The second-order valence-corrected chi connectivity index (χ2v) is 8.13. The maximum Gasteiger partial charge on any atom is 0.166 e. The summed E-state index contributed by atoms with van der Waals surface area (Å²) in [5, 5.41) is 2.43. The van der Waals surface area contributed by atoms with Crippen molar-refractivity contribution in [2.75, 3.05) is 13.2 Å². The van der Waals surface area contributed by atoms with Crippen molar-refractivity contribution in [3.05, 3.63) is 59.5 Å². The Morgan fingerprint density at radius 3 is 2.96 bits per heavy atom. The van der Waals surface area contributed by atoms with E-state index < -0.39 is 0 Å². The molecule has 0 amide bonds. The van der Waals surface area contributed by atoms with Crippen molar-refractivity contribution >= 4 is 16.3 Å². The second kappa shape index (κ2) is 5.98. The van der Waals surface area contributed by atoms with Crippen LogP contribution >= 0.6 is 0 Å². The minimum atomic E-state index is -0.152. The standard InChI is InChI=1S/C24H25NO2/c1-4-5-7-15-8-6-9-17-19(15)22-20-16(10-11-25-22)14-18-23(27-13-12-26-18)21(20)24(17,2)3/h4-6,9-11,14-15H,7-8,12-13H2,1-3H3. The Kier molecular flexibility index (Phi) is 3.68. The van der Waals surface area contributed by atoms with Crippen molar-refractivity contribution in [2.24, 2.45) is 5.92 Å². The zero-order chi connectivity index (χ0) is 18.6. The third-order valence-electron chi connectivity index (χ3n) is 6.17. The Morgan fingerprint density at radius 1 is 1.26 bits per heavy atom. The van der Waals surface area contributed by atoms with Gasteiger partial charge in [0.25, 0.3) is 0 Å². The Labute approximate surface area is 160 Å². The van der Waals surface area contributed by atoms with Crippen molar-refractivity contribution in [3.8, 4) is 11.5 Å². The molecule has 1 aliphatic heterocycles. The van der Waals surface area contributed by atoms with Gasteiger partial charge < -0.3 is 9.47 Å². The first-order valence-corrected chi connectivity index (χ1v) is 9.87. The highest BCUT2D eigenvalue weighted by atomic mass is 16.6. The fraction of sp³-hybridized carbons (Fsp3) is 0.375. The van der Waals surface area contributed by atoms with Crippen LogP contribution < -0.4 is 9.47 Å². The van der Waals surface area contributed by atoms with E-state index in [-0.39, 0.29) is 5.41 Å². The van der Waals surface area contributed by atoms with Gasteiger partial charge in [-0.1, -0.05) is 38.2 Å². The quantitative estimate of drug-likeness (QED) is 0.655. The molecule has 1 unspecified atom stereocenters. The van der Waals surface area contributed by atoms with Gasteiger partial charge in [-0.3, -0.25) is 4.98 Å². The molecule has 0 spiro atoms. The fourth-order valence-electron chi connectivity index (χ4n) is 4.94. The van der Waals surface area contributed by atoms with Crippen molar-refractivity contribution in [3.63, 3.8) is 0 Å². The summed E-state index contributed by atoms with van der Waals surface area (Å²) in [5.74, 6) is 2.24. The monoisotopic (exact) mass is 359 g/mol. The van der Waals surface area contributed by atoms with Crippen LogP contribution in [0, 0.1) is 5.92 Å². The number of benzene rings is 1. The van der Waals surface area contributed by atoms with Gasteiger partial charge in [0.1, 0.15) is 13.2 Å². The van der Waals surface area contributed by atoms with E-state index in [1.807, 2.05) is 6.20 Å². The van der Waals surface area contributed by atoms with Crippen LogP contribution in [-0.4, -0.2) is 18.2 Å². The number of hydrogen-bond donors (Lipinski definition) is 0. The van der Waals surface area contributed by atoms with Gasteiger partial charge in [-0.05, 0) is 54.3 Å². The molecule has 27 heavy (non-hydrogen) atoms. The van der Waals surface area contributed by atoms with Gasteiger partial charge in [0.05, 0.1) is 5.69 Å². The van der Waals surface area contributed by atoms with Crippen LogP contribution in [-0.2, 0) is 5.41 Å². The smallest absolute Gasteiger partial charge is 0.166 e. The fourth-order valence-corrected chi connectivity index (χ4v) is 4.94. The van der Waals surface area contributed by atoms with Gasteiger partial charge in [0.2, 0.25) is 0 Å². The Bertz CT molecular complexity index is 1030. The van der Waals surface area contributed by atoms with E-state index in [9.17, 15) is 0 Å². The number of ether oxygens (including phenoxy) is 2. The third kappa shape index (κ3) is 2.30. The number of pyridine rings is 1. The van der Waals surface area contributed by atoms with Crippen molar-refractivity contribution in [1.29, 1.82) is 0 Å². The number of fused-ring (bicyclic) bond motifs is 3. The van der Waals surface area contributed by atoms with E-state index >= 15 is 0 Å². The van der Waals surface area contributed by atoms with E-state index in [0.29, 0.717) is 19.1 Å². The molecule has 2 aliphatic carbocycles. The number of aromatic nitrogens is 1. The van der Waals surface area contributed by atoms with Gasteiger partial charge in [-0.15, -0.1) is 0 Å². The molecule has 3 aliphatic rings. The highest BCUT2D eigenvalue weighted by molar-refractivity contribution is 6.02. The molecule has 2 heterocycles. The van der Waals surface area contributed by atoms with Crippen LogP contribution in [0.2, 0.25) is 0 Å². The lowest BCUT2D eigenvalue weighted by Gasteiger charge is -2.41. The van der Waals surface area contributed by atoms with Crippen LogP contribution in [0.4, 0.5) is 0 Å². The zero-order valence-corrected chi connectivity index (χ0v) is 16.2. The first-order chi connectivity index (χ1) is 13.1. The Balaban J connectivity index is 1.85. The summed E-state index contributed by atoms with van der Waals surface area (Å²) in [6.45, 7) is 7.93. The average molecular weight is 359 g/mol. The first kappa shape index (κ1) is 16.6. The summed E-state index contributed by atoms with van der Waals surface area (Å²) in [7, 11) is 0. The minimum absolute atomic E-state index is 0.152. The van der Waals surface area contributed by atoms with Crippen LogP contribution in [0.25, 0.3) is 16.3 Å². The number of hydrogen-bond acceptors (Lipinski definition) is 3. The molecule has 0 N–H and O–H groups in total. The number of allylic oxidation sites excluding steroid dienone is 6. The largest absolute Gasteiger partial charge is 0.486 e. The number of rotatable bonds is 2. The van der Waals surface area contributed by atoms with Crippen LogP contribution in [0.1, 0.15) is 44.9 Å². The lowest BCUT2D eigenvalue weighted by molar-refractivity contribution is 0.169. The molecule has 138 valence electrons. The summed E-state index contributed by atoms with van der Waals surface area (Å²) in [4.78, 5) is 4.88. The first-order valence-electron chi connectivity index (χ1n) is 9.87. The summed E-state index contributed by atoms with van der Waals surface area (Å²) in [5.41, 5.74) is 5.00. The minimum Gasteiger partial charge on any atom is -0.486 e. The van der Waals surface area contributed by atoms with E-state index in [1.165, 1.54) is 27.5 Å². The normalized spacial score (nSPS) is 22.4. The lowest BCUT2D eigenvalue weighted by Crippen LogP contribution is -2.30. The van der Waals surface area contributed by atoms with Crippen LogP contribution in [0.15, 0.2) is 48.2 Å². The molecular formula is C24H25NO2. The maximum absolute atomic E-state index is 6.14. The third-order valence-corrected chi connectivity index (χ3v) is 6.17. The summed E-state index contributed by atoms with van der Waals surface area (Å²) in [6, 6.07) is 4.22. The highest BCUT2D eigenvalue weighted by Gasteiger charge is 2.41. The summed E-state index contributed by atoms with van der Waals surface area (Å²) >= 11 is 0. The SMILES string of the molecule is CC=CCC1CC=CC2=C1c1nccc3cc4c(c(c13)C2(C)C)OCCO4. The number of nitrogens with zero attached hydrogens (tertiary/aromatic N) is 1. The average Bonchev–Trinajstić information content (AvgIpc) is 2.69. The van der Waals surface area contributed by atoms with Crippen LogP contribution in [0.5, 0.6) is 11.5 Å². The molecule has 1 atom stereocenters. The molecule has 0 saturated heterocycles. The summed E-state index contributed by atoms with van der Waals surface area (Å²) in [6.07, 6.45) is 13.1. The predicted octanol–water partition coefficient (Wildman–Crippen LogP) is 5.59. The molecular weight excluding hydrogens is 334 g/mol. The maximum atomic E-state index is 6.14. The van der Waals surface area contributed by atoms with E-state index in [1.54, 1.807) is 0 Å². The Morgan fingerprint density at radius 2 is 2.11 bits per heavy atom. The molecule has 0 saturated carbocycles. The molecule has 2 aromatic rings. The van der Waals surface area contributed by atoms with Gasteiger partial charge in [-0.25, -0.2) is 0 Å². The van der Waals surface area contributed by atoms with Gasteiger partial charge >= 0.3 is 0 Å². The second-order valence-electron chi connectivity index (χ2n) is 8.13. The predicted molar refractivity (Wildman–Crippen MR) is 109 cm³/mol. The molecule has 0 radical (unpaired) electrons. The molecule has 1 aromatic heterocycles.